The monoisotopic (exact) mass is 516 g/mol. The van der Waals surface area contributed by atoms with E-state index in [1.165, 1.54) is 6.08 Å². The van der Waals surface area contributed by atoms with Crippen LogP contribution in [0.2, 0.25) is 0 Å². The molecule has 0 aliphatic carbocycles. The summed E-state index contributed by atoms with van der Waals surface area (Å²) in [7, 11) is 1.56. The van der Waals surface area contributed by atoms with Crippen LogP contribution >= 0.6 is 0 Å². The molecule has 4 aromatic carbocycles. The second-order valence-corrected chi connectivity index (χ2v) is 8.79. The second kappa shape index (κ2) is 12.8. The lowest BCUT2D eigenvalue weighted by Gasteiger charge is -2.12. The number of rotatable bonds is 9. The van der Waals surface area contributed by atoms with Gasteiger partial charge >= 0.3 is 0 Å². The van der Waals surface area contributed by atoms with E-state index in [-0.39, 0.29) is 11.5 Å². The van der Waals surface area contributed by atoms with Gasteiger partial charge in [-0.05, 0) is 78.7 Å². The molecule has 0 unspecified atom stereocenters. The van der Waals surface area contributed by atoms with Crippen molar-refractivity contribution in [1.82, 2.24) is 5.32 Å². The van der Waals surface area contributed by atoms with Crippen molar-refractivity contribution in [2.45, 2.75) is 6.92 Å². The quantitative estimate of drug-likeness (QED) is 0.202. The fraction of sp³-hybridized carbons (Fsp3) is 0.0606. The zero-order valence-electron chi connectivity index (χ0n) is 21.7. The van der Waals surface area contributed by atoms with Crippen LogP contribution in [0.4, 0.5) is 5.69 Å². The molecule has 0 aromatic heterocycles. The SMILES string of the molecule is COc1cccc(/C=C(\NC(=O)c2ccccc2)C(=O)Nc2ccc(C(=O)/C=C/c3ccc(C)cc3)cc2)c1. The zero-order valence-corrected chi connectivity index (χ0v) is 21.7. The van der Waals surface area contributed by atoms with Crippen LogP contribution in [0.3, 0.4) is 0 Å². The molecule has 0 saturated heterocycles. The topological polar surface area (TPSA) is 84.5 Å². The number of ether oxygens (including phenoxy) is 1. The summed E-state index contributed by atoms with van der Waals surface area (Å²) >= 11 is 0. The van der Waals surface area contributed by atoms with Crippen LogP contribution in [0.25, 0.3) is 12.2 Å². The number of aryl methyl sites for hydroxylation is 1. The average Bonchev–Trinajstić information content (AvgIpc) is 2.97. The number of anilines is 1. The van der Waals surface area contributed by atoms with Gasteiger partial charge in [-0.2, -0.15) is 0 Å². The van der Waals surface area contributed by atoms with Gasteiger partial charge in [-0.15, -0.1) is 0 Å². The molecule has 0 atom stereocenters. The molecule has 0 saturated carbocycles. The Balaban J connectivity index is 1.50. The van der Waals surface area contributed by atoms with E-state index in [1.54, 1.807) is 92.1 Å². The molecule has 0 spiro atoms. The van der Waals surface area contributed by atoms with E-state index in [4.69, 9.17) is 4.74 Å². The van der Waals surface area contributed by atoms with Crippen LogP contribution in [0.1, 0.15) is 37.4 Å². The number of allylic oxidation sites excluding steroid dienone is 1. The molecule has 2 N–H and O–H groups in total. The van der Waals surface area contributed by atoms with Crippen LogP contribution in [-0.4, -0.2) is 24.7 Å². The molecule has 0 aliphatic heterocycles. The normalized spacial score (nSPS) is 11.2. The largest absolute Gasteiger partial charge is 0.497 e. The van der Waals surface area contributed by atoms with Crippen molar-refractivity contribution in [1.29, 1.82) is 0 Å². The molecular weight excluding hydrogens is 488 g/mol. The molecular formula is C33H28N2O4. The first kappa shape index (κ1) is 26.8. The van der Waals surface area contributed by atoms with Gasteiger partial charge in [-0.1, -0.05) is 66.2 Å². The number of benzene rings is 4. The maximum atomic E-state index is 13.2. The van der Waals surface area contributed by atoms with Crippen molar-refractivity contribution < 1.29 is 19.1 Å². The third kappa shape index (κ3) is 7.63. The van der Waals surface area contributed by atoms with Crippen LogP contribution in [0.15, 0.2) is 115 Å². The van der Waals surface area contributed by atoms with E-state index in [9.17, 15) is 14.4 Å². The second-order valence-electron chi connectivity index (χ2n) is 8.79. The number of carbonyl (C=O) groups is 3. The highest BCUT2D eigenvalue weighted by atomic mass is 16.5. The number of nitrogens with one attached hydrogen (secondary N) is 2. The standard InChI is InChI=1S/C33H28N2O4/c1-23-11-13-24(14-12-23)15-20-31(36)26-16-18-28(19-17-26)34-33(38)30(22-25-7-6-10-29(21-25)39-2)35-32(37)27-8-4-3-5-9-27/h3-22H,1-2H3,(H,34,38)(H,35,37)/b20-15+,30-22-. The highest BCUT2D eigenvalue weighted by Gasteiger charge is 2.15. The van der Waals surface area contributed by atoms with Crippen molar-refractivity contribution in [3.8, 4) is 5.75 Å². The van der Waals surface area contributed by atoms with E-state index in [0.717, 1.165) is 11.1 Å². The minimum Gasteiger partial charge on any atom is -0.497 e. The lowest BCUT2D eigenvalue weighted by molar-refractivity contribution is -0.113. The van der Waals surface area contributed by atoms with Crippen molar-refractivity contribution >= 4 is 35.4 Å². The maximum Gasteiger partial charge on any atom is 0.272 e. The summed E-state index contributed by atoms with van der Waals surface area (Å²) in [6.07, 6.45) is 4.86. The Morgan fingerprint density at radius 2 is 1.46 bits per heavy atom. The maximum absolute atomic E-state index is 13.2. The molecule has 0 bridgehead atoms. The van der Waals surface area contributed by atoms with Gasteiger partial charge in [-0.25, -0.2) is 0 Å². The van der Waals surface area contributed by atoms with Crippen molar-refractivity contribution in [2.75, 3.05) is 12.4 Å². The summed E-state index contributed by atoms with van der Waals surface area (Å²) in [5, 5.41) is 5.51. The molecule has 39 heavy (non-hydrogen) atoms. The van der Waals surface area contributed by atoms with Gasteiger partial charge in [0.05, 0.1) is 7.11 Å². The van der Waals surface area contributed by atoms with Crippen LogP contribution in [0.5, 0.6) is 5.75 Å². The van der Waals surface area contributed by atoms with Gasteiger partial charge in [0.15, 0.2) is 5.78 Å². The number of hydrogen-bond acceptors (Lipinski definition) is 4. The summed E-state index contributed by atoms with van der Waals surface area (Å²) in [6, 6.07) is 30.2. The Bertz CT molecular complexity index is 1520. The fourth-order valence-corrected chi connectivity index (χ4v) is 3.70. The van der Waals surface area contributed by atoms with E-state index >= 15 is 0 Å². The molecule has 2 amide bonds. The first-order chi connectivity index (χ1) is 18.9. The lowest BCUT2D eigenvalue weighted by atomic mass is 10.1. The number of ketones is 1. The molecule has 6 heteroatoms. The van der Waals surface area contributed by atoms with E-state index in [2.05, 4.69) is 10.6 Å². The molecule has 4 aromatic rings. The molecule has 0 fully saturated rings. The molecule has 6 nitrogen and oxygen atoms in total. The third-order valence-corrected chi connectivity index (χ3v) is 5.87. The molecule has 194 valence electrons. The minimum absolute atomic E-state index is 0.0540. The number of hydrogen-bond donors (Lipinski definition) is 2. The number of amides is 2. The van der Waals surface area contributed by atoms with Crippen molar-refractivity contribution in [3.05, 3.63) is 143 Å². The summed E-state index contributed by atoms with van der Waals surface area (Å²) in [6.45, 7) is 2.01. The van der Waals surface area contributed by atoms with Gasteiger partial charge in [0, 0.05) is 16.8 Å². The Morgan fingerprint density at radius 1 is 0.744 bits per heavy atom. The average molecular weight is 517 g/mol. The Hall–Kier alpha value is -5.23. The third-order valence-electron chi connectivity index (χ3n) is 5.87. The number of carbonyl (C=O) groups excluding carboxylic acids is 3. The molecule has 4 rings (SSSR count). The van der Waals surface area contributed by atoms with Crippen molar-refractivity contribution in [3.63, 3.8) is 0 Å². The van der Waals surface area contributed by atoms with Gasteiger partial charge in [-0.3, -0.25) is 14.4 Å². The molecule has 0 aliphatic rings. The Kier molecular flexibility index (Phi) is 8.83. The van der Waals surface area contributed by atoms with Gasteiger partial charge in [0.2, 0.25) is 0 Å². The summed E-state index contributed by atoms with van der Waals surface area (Å²) in [4.78, 5) is 38.7. The highest BCUT2D eigenvalue weighted by molar-refractivity contribution is 6.11. The van der Waals surface area contributed by atoms with Gasteiger partial charge in [0.25, 0.3) is 11.8 Å². The predicted molar refractivity (Wildman–Crippen MR) is 154 cm³/mol. The Morgan fingerprint density at radius 3 is 2.15 bits per heavy atom. The minimum atomic E-state index is -0.513. The summed E-state index contributed by atoms with van der Waals surface area (Å²) in [5.74, 6) is -0.460. The van der Waals surface area contributed by atoms with Crippen LogP contribution in [-0.2, 0) is 4.79 Å². The summed E-state index contributed by atoms with van der Waals surface area (Å²) < 4.78 is 5.27. The van der Waals surface area contributed by atoms with Gasteiger partial charge in [0.1, 0.15) is 11.4 Å². The molecule has 0 heterocycles. The molecule has 0 radical (unpaired) electrons. The first-order valence-corrected chi connectivity index (χ1v) is 12.3. The van der Waals surface area contributed by atoms with E-state index in [0.29, 0.717) is 28.1 Å². The first-order valence-electron chi connectivity index (χ1n) is 12.3. The number of methoxy groups -OCH3 is 1. The predicted octanol–water partition coefficient (Wildman–Crippen LogP) is 6.31. The van der Waals surface area contributed by atoms with Crippen molar-refractivity contribution in [2.24, 2.45) is 0 Å². The smallest absolute Gasteiger partial charge is 0.272 e. The van der Waals surface area contributed by atoms with Gasteiger partial charge < -0.3 is 15.4 Å². The van der Waals surface area contributed by atoms with Crippen LogP contribution < -0.4 is 15.4 Å². The lowest BCUT2D eigenvalue weighted by Crippen LogP contribution is -2.30. The zero-order chi connectivity index (χ0) is 27.6. The van der Waals surface area contributed by atoms with E-state index in [1.807, 2.05) is 37.3 Å². The fourth-order valence-electron chi connectivity index (χ4n) is 3.70. The van der Waals surface area contributed by atoms with E-state index < -0.39 is 11.8 Å². The summed E-state index contributed by atoms with van der Waals surface area (Å²) in [5.41, 5.74) is 4.20. The van der Waals surface area contributed by atoms with Crippen LogP contribution in [0, 0.1) is 6.92 Å². The Labute approximate surface area is 227 Å². The highest BCUT2D eigenvalue weighted by Crippen LogP contribution is 2.17.